The van der Waals surface area contributed by atoms with Gasteiger partial charge in [0.1, 0.15) is 0 Å². The monoisotopic (exact) mass is 310 g/mol. The Morgan fingerprint density at radius 3 is 2.43 bits per heavy atom. The lowest BCUT2D eigenvalue weighted by Gasteiger charge is -2.13. The van der Waals surface area contributed by atoms with Crippen molar-refractivity contribution >= 4 is 22.9 Å². The van der Waals surface area contributed by atoms with Gasteiger partial charge in [-0.15, -0.1) is 0 Å². The number of nitrogens with two attached hydrogens (primary N) is 1. The van der Waals surface area contributed by atoms with E-state index in [-0.39, 0.29) is 0 Å². The molecule has 0 rings (SSSR count). The van der Waals surface area contributed by atoms with Gasteiger partial charge in [0.15, 0.2) is 0 Å². The Hall–Kier alpha value is 0.390. The molecule has 0 amide bonds. The molecule has 14 heavy (non-hydrogen) atoms. The maximum Gasteiger partial charge on any atom is 0.0198 e. The summed E-state index contributed by atoms with van der Waals surface area (Å²) in [4.78, 5) is 0. The van der Waals surface area contributed by atoms with Crippen LogP contribution < -0.4 is 5.73 Å². The molecule has 0 saturated carbocycles. The first kappa shape index (κ1) is 14.4. The Balaban J connectivity index is 4.11. The predicted octanol–water partition coefficient (Wildman–Crippen LogP) is 3.12. The molecule has 0 aliphatic carbocycles. The average Bonchev–Trinajstić information content (AvgIpc) is 2.16. The van der Waals surface area contributed by atoms with Gasteiger partial charge in [-0.1, -0.05) is 18.1 Å². The van der Waals surface area contributed by atoms with E-state index in [1.54, 1.807) is 11.1 Å². The van der Waals surface area contributed by atoms with Gasteiger partial charge in [-0.2, -0.15) is 0 Å². The molecule has 0 aromatic heterocycles. The second-order valence-corrected chi connectivity index (χ2v) is 5.36. The zero-order valence-corrected chi connectivity index (χ0v) is 11.8. The molecule has 0 unspecified atom stereocenters. The van der Waals surface area contributed by atoms with E-state index in [2.05, 4.69) is 46.9 Å². The highest BCUT2D eigenvalue weighted by Gasteiger charge is 2.02. The maximum absolute atomic E-state index is 5.54. The first-order valence-electron chi connectivity index (χ1n) is 5.36. The zero-order valence-electron chi connectivity index (χ0n) is 9.65. The van der Waals surface area contributed by atoms with E-state index in [0.29, 0.717) is 0 Å². The molecular formula is C11H23IN2. The minimum Gasteiger partial charge on any atom is -0.330 e. The molecule has 0 aromatic rings. The van der Waals surface area contributed by atoms with Crippen molar-refractivity contribution < 1.29 is 0 Å². The van der Waals surface area contributed by atoms with E-state index >= 15 is 0 Å². The molecule has 0 aliphatic heterocycles. The summed E-state index contributed by atoms with van der Waals surface area (Å²) in [5.74, 6) is 0. The molecule has 0 heterocycles. The first-order chi connectivity index (χ1) is 6.61. The molecule has 0 spiro atoms. The molecule has 0 atom stereocenters. The number of nitrogens with zero attached hydrogens (tertiary/aromatic N) is 1. The second kappa shape index (κ2) is 8.68. The fourth-order valence-corrected chi connectivity index (χ4v) is 1.65. The zero-order chi connectivity index (χ0) is 11.0. The Bertz CT molecular complexity index is 176. The van der Waals surface area contributed by atoms with Crippen molar-refractivity contribution in [1.82, 2.24) is 3.11 Å². The minimum absolute atomic E-state index is 0.806. The molecule has 3 heteroatoms. The first-order valence-corrected chi connectivity index (χ1v) is 6.32. The van der Waals surface area contributed by atoms with Crippen LogP contribution in [0.25, 0.3) is 0 Å². The Morgan fingerprint density at radius 1 is 1.36 bits per heavy atom. The molecule has 0 fully saturated rings. The lowest BCUT2D eigenvalue weighted by atomic mass is 9.99. The molecule has 2 N–H and O–H groups in total. The van der Waals surface area contributed by atoms with Gasteiger partial charge in [0, 0.05) is 29.4 Å². The number of rotatable bonds is 7. The molecule has 0 aromatic carbocycles. The maximum atomic E-state index is 5.54. The summed E-state index contributed by atoms with van der Waals surface area (Å²) in [6, 6.07) is 0. The highest BCUT2D eigenvalue weighted by atomic mass is 127. The summed E-state index contributed by atoms with van der Waals surface area (Å²) in [6.07, 6.45) is 4.67. The Labute approximate surface area is 102 Å². The summed E-state index contributed by atoms with van der Waals surface area (Å²) < 4.78 is 2.21. The molecular weight excluding hydrogens is 287 g/mol. The van der Waals surface area contributed by atoms with Crippen LogP contribution in [0.2, 0.25) is 0 Å². The lowest BCUT2D eigenvalue weighted by molar-refractivity contribution is 0.593. The number of hydrogen-bond acceptors (Lipinski definition) is 2. The quantitative estimate of drug-likeness (QED) is 0.445. The topological polar surface area (TPSA) is 29.3 Å². The van der Waals surface area contributed by atoms with E-state index in [1.807, 2.05) is 0 Å². The molecule has 0 aliphatic rings. The van der Waals surface area contributed by atoms with E-state index in [1.165, 1.54) is 19.3 Å². The van der Waals surface area contributed by atoms with E-state index in [0.717, 1.165) is 19.5 Å². The van der Waals surface area contributed by atoms with Crippen molar-refractivity contribution in [2.45, 2.75) is 39.5 Å². The van der Waals surface area contributed by atoms with Crippen LogP contribution in [0, 0.1) is 0 Å². The van der Waals surface area contributed by atoms with Crippen LogP contribution in [0.3, 0.4) is 0 Å². The second-order valence-electron chi connectivity index (χ2n) is 3.71. The molecule has 0 saturated heterocycles. The van der Waals surface area contributed by atoms with Crippen LogP contribution in [-0.4, -0.2) is 23.3 Å². The van der Waals surface area contributed by atoms with Crippen LogP contribution in [0.4, 0.5) is 0 Å². The summed E-state index contributed by atoms with van der Waals surface area (Å²) >= 11 is 2.34. The number of hydrogen-bond donors (Lipinski definition) is 1. The van der Waals surface area contributed by atoms with Gasteiger partial charge < -0.3 is 5.73 Å². The highest BCUT2D eigenvalue weighted by molar-refractivity contribution is 14.1. The number of halogens is 1. The minimum atomic E-state index is 0.806. The van der Waals surface area contributed by atoms with Crippen LogP contribution in [0.5, 0.6) is 0 Å². The van der Waals surface area contributed by atoms with Gasteiger partial charge in [-0.25, -0.2) is 0 Å². The van der Waals surface area contributed by atoms with Crippen LogP contribution in [0.1, 0.15) is 39.5 Å². The smallest absolute Gasteiger partial charge is 0.0198 e. The van der Waals surface area contributed by atoms with E-state index in [4.69, 9.17) is 5.73 Å². The van der Waals surface area contributed by atoms with Gasteiger partial charge in [-0.05, 0) is 46.2 Å². The van der Waals surface area contributed by atoms with Crippen molar-refractivity contribution in [3.8, 4) is 0 Å². The third-order valence-corrected chi connectivity index (χ3v) is 3.02. The molecule has 84 valence electrons. The Morgan fingerprint density at radius 2 is 2.00 bits per heavy atom. The van der Waals surface area contributed by atoms with Crippen LogP contribution in [-0.2, 0) is 0 Å². The molecule has 0 bridgehead atoms. The van der Waals surface area contributed by atoms with Gasteiger partial charge in [-0.3, -0.25) is 3.11 Å². The van der Waals surface area contributed by atoms with E-state index < -0.39 is 0 Å². The fraction of sp³-hybridized carbons (Fsp3) is 0.818. The normalized spacial score (nSPS) is 13.3. The van der Waals surface area contributed by atoms with Crippen LogP contribution in [0.15, 0.2) is 11.1 Å². The van der Waals surface area contributed by atoms with Crippen molar-refractivity contribution in [2.75, 3.05) is 20.1 Å². The average molecular weight is 310 g/mol. The Kier molecular flexibility index (Phi) is 8.92. The van der Waals surface area contributed by atoms with Gasteiger partial charge in [0.05, 0.1) is 0 Å². The summed E-state index contributed by atoms with van der Waals surface area (Å²) in [5, 5.41) is 0. The molecule has 2 nitrogen and oxygen atoms in total. The predicted molar refractivity (Wildman–Crippen MR) is 72.5 cm³/mol. The van der Waals surface area contributed by atoms with Gasteiger partial charge in [0.2, 0.25) is 0 Å². The summed E-state index contributed by atoms with van der Waals surface area (Å²) in [5.41, 5.74) is 8.70. The van der Waals surface area contributed by atoms with Crippen molar-refractivity contribution in [2.24, 2.45) is 5.73 Å². The lowest BCUT2D eigenvalue weighted by Crippen LogP contribution is -2.08. The fourth-order valence-electron chi connectivity index (χ4n) is 1.41. The van der Waals surface area contributed by atoms with E-state index in [9.17, 15) is 0 Å². The van der Waals surface area contributed by atoms with Crippen molar-refractivity contribution in [1.29, 1.82) is 0 Å². The van der Waals surface area contributed by atoms with Crippen LogP contribution >= 0.6 is 22.9 Å². The highest BCUT2D eigenvalue weighted by Crippen LogP contribution is 2.18. The van der Waals surface area contributed by atoms with Gasteiger partial charge in [0.25, 0.3) is 0 Å². The van der Waals surface area contributed by atoms with Gasteiger partial charge >= 0.3 is 0 Å². The summed E-state index contributed by atoms with van der Waals surface area (Å²) in [6.45, 7) is 6.42. The van der Waals surface area contributed by atoms with Crippen molar-refractivity contribution in [3.05, 3.63) is 11.1 Å². The molecule has 0 radical (unpaired) electrons. The third-order valence-electron chi connectivity index (χ3n) is 2.54. The largest absolute Gasteiger partial charge is 0.330 e. The summed E-state index contributed by atoms with van der Waals surface area (Å²) in [7, 11) is 2.11. The standard InChI is InChI=1S/C11H23IN2/c1-4-10(2)11(6-5-8-13)7-9-14(3)12/h4-9,13H2,1-3H3/b11-10-. The van der Waals surface area contributed by atoms with Crippen molar-refractivity contribution in [3.63, 3.8) is 0 Å². The SMILES string of the molecule is CC/C(C)=C(/CCCN)CCN(C)I. The third kappa shape index (κ3) is 6.79. The number of allylic oxidation sites excluding steroid dienone is 1.